The van der Waals surface area contributed by atoms with Gasteiger partial charge in [-0.3, -0.25) is 0 Å². The molecule has 0 bridgehead atoms. The largest absolute Gasteiger partial charge is 0.481 e. The molecule has 0 spiro atoms. The Hall–Kier alpha value is -1.76. The van der Waals surface area contributed by atoms with Crippen LogP contribution in [-0.4, -0.2) is 31.2 Å². The smallest absolute Gasteiger partial charge is 0.401 e. The van der Waals surface area contributed by atoms with Gasteiger partial charge in [0.2, 0.25) is 0 Å². The molecule has 1 aliphatic rings. The molecule has 0 amide bonds. The van der Waals surface area contributed by atoms with Crippen LogP contribution in [0.15, 0.2) is 23.2 Å². The number of fused-ring (bicyclic) bond motifs is 1. The summed E-state index contributed by atoms with van der Waals surface area (Å²) >= 11 is 0. The standard InChI is InChI=1S/C13H16F3N3O/c1-8-12(17)19-10-6-9(2-3-11(10)20-8)4-5-18-7-13(14,15)16/h2-3,6,8,18H,4-5,7H2,1H3,(H2,17,19)/t8-/m1/s1. The molecule has 1 atom stereocenters. The van der Waals surface area contributed by atoms with Crippen molar-refractivity contribution >= 4 is 11.5 Å². The van der Waals surface area contributed by atoms with Crippen LogP contribution in [0.25, 0.3) is 0 Å². The SMILES string of the molecule is C[C@H]1Oc2ccc(CCNCC(F)(F)F)cc2N=C1N. The summed E-state index contributed by atoms with van der Waals surface area (Å²) in [4.78, 5) is 4.22. The average Bonchev–Trinajstić information content (AvgIpc) is 2.35. The van der Waals surface area contributed by atoms with Crippen molar-refractivity contribution in [3.63, 3.8) is 0 Å². The third kappa shape index (κ3) is 3.86. The minimum Gasteiger partial charge on any atom is -0.481 e. The molecule has 0 saturated heterocycles. The van der Waals surface area contributed by atoms with Gasteiger partial charge in [-0.25, -0.2) is 4.99 Å². The maximum Gasteiger partial charge on any atom is 0.401 e. The highest BCUT2D eigenvalue weighted by molar-refractivity contribution is 5.89. The quantitative estimate of drug-likeness (QED) is 0.834. The van der Waals surface area contributed by atoms with E-state index in [0.717, 1.165) is 5.56 Å². The van der Waals surface area contributed by atoms with Gasteiger partial charge in [-0.2, -0.15) is 13.2 Å². The molecule has 0 radical (unpaired) electrons. The van der Waals surface area contributed by atoms with Crippen LogP contribution in [0.3, 0.4) is 0 Å². The molecule has 20 heavy (non-hydrogen) atoms. The van der Waals surface area contributed by atoms with Crippen molar-refractivity contribution in [2.75, 3.05) is 13.1 Å². The maximum atomic E-state index is 12.0. The number of halogens is 3. The van der Waals surface area contributed by atoms with E-state index in [-0.39, 0.29) is 12.6 Å². The van der Waals surface area contributed by atoms with Crippen molar-refractivity contribution < 1.29 is 17.9 Å². The van der Waals surface area contributed by atoms with Crippen LogP contribution in [0.4, 0.5) is 18.9 Å². The minimum atomic E-state index is -4.18. The Morgan fingerprint density at radius 2 is 2.15 bits per heavy atom. The van der Waals surface area contributed by atoms with Crippen LogP contribution in [-0.2, 0) is 6.42 Å². The summed E-state index contributed by atoms with van der Waals surface area (Å²) in [5.41, 5.74) is 7.20. The molecule has 7 heteroatoms. The maximum absolute atomic E-state index is 12.0. The van der Waals surface area contributed by atoms with Crippen molar-refractivity contribution in [1.82, 2.24) is 5.32 Å². The van der Waals surface area contributed by atoms with E-state index in [2.05, 4.69) is 10.3 Å². The topological polar surface area (TPSA) is 59.6 Å². The molecule has 110 valence electrons. The summed E-state index contributed by atoms with van der Waals surface area (Å²) in [6.45, 7) is 1.06. The Bertz CT molecular complexity index is 514. The number of nitrogens with two attached hydrogens (primary N) is 1. The number of hydrogen-bond donors (Lipinski definition) is 2. The van der Waals surface area contributed by atoms with Crippen molar-refractivity contribution in [1.29, 1.82) is 0 Å². The van der Waals surface area contributed by atoms with Crippen LogP contribution < -0.4 is 15.8 Å². The van der Waals surface area contributed by atoms with E-state index >= 15 is 0 Å². The van der Waals surface area contributed by atoms with Gasteiger partial charge in [-0.15, -0.1) is 0 Å². The first-order valence-corrected chi connectivity index (χ1v) is 6.26. The predicted molar refractivity (Wildman–Crippen MR) is 70.4 cm³/mol. The van der Waals surface area contributed by atoms with Crippen LogP contribution in [0, 0.1) is 0 Å². The molecule has 0 unspecified atom stereocenters. The van der Waals surface area contributed by atoms with Crippen molar-refractivity contribution in [3.8, 4) is 5.75 Å². The number of nitrogens with one attached hydrogen (secondary N) is 1. The lowest BCUT2D eigenvalue weighted by Crippen LogP contribution is -2.33. The molecule has 1 aliphatic heterocycles. The van der Waals surface area contributed by atoms with E-state index in [1.807, 2.05) is 6.07 Å². The predicted octanol–water partition coefficient (Wildman–Crippen LogP) is 2.15. The second kappa shape index (κ2) is 5.70. The molecular formula is C13H16F3N3O. The molecule has 0 aliphatic carbocycles. The summed E-state index contributed by atoms with van der Waals surface area (Å²) in [5, 5.41) is 2.35. The number of aliphatic imine (C=N–C) groups is 1. The van der Waals surface area contributed by atoms with E-state index < -0.39 is 12.7 Å². The third-order valence-corrected chi connectivity index (χ3v) is 2.91. The Balaban J connectivity index is 1.94. The Morgan fingerprint density at radius 1 is 1.40 bits per heavy atom. The van der Waals surface area contributed by atoms with Gasteiger partial charge in [0, 0.05) is 0 Å². The lowest BCUT2D eigenvalue weighted by molar-refractivity contribution is -0.124. The number of rotatable bonds is 4. The fraction of sp³-hybridized carbons (Fsp3) is 0.462. The van der Waals surface area contributed by atoms with E-state index in [1.165, 1.54) is 0 Å². The monoisotopic (exact) mass is 287 g/mol. The van der Waals surface area contributed by atoms with E-state index in [0.29, 0.717) is 23.7 Å². The highest BCUT2D eigenvalue weighted by Crippen LogP contribution is 2.32. The highest BCUT2D eigenvalue weighted by atomic mass is 19.4. The van der Waals surface area contributed by atoms with Gasteiger partial charge < -0.3 is 15.8 Å². The summed E-state index contributed by atoms with van der Waals surface area (Å²) in [6.07, 6.45) is -3.96. The Morgan fingerprint density at radius 3 is 2.85 bits per heavy atom. The normalized spacial score (nSPS) is 18.2. The van der Waals surface area contributed by atoms with Gasteiger partial charge in [0.25, 0.3) is 0 Å². The van der Waals surface area contributed by atoms with Gasteiger partial charge in [-0.1, -0.05) is 6.07 Å². The summed E-state index contributed by atoms with van der Waals surface area (Å²) in [5.74, 6) is 1.03. The highest BCUT2D eigenvalue weighted by Gasteiger charge is 2.26. The number of benzene rings is 1. The van der Waals surface area contributed by atoms with Gasteiger partial charge in [0.15, 0.2) is 6.10 Å². The molecule has 2 rings (SSSR count). The van der Waals surface area contributed by atoms with Crippen LogP contribution in [0.5, 0.6) is 5.75 Å². The lowest BCUT2D eigenvalue weighted by Gasteiger charge is -2.21. The first kappa shape index (κ1) is 14.6. The van der Waals surface area contributed by atoms with Gasteiger partial charge >= 0.3 is 6.18 Å². The van der Waals surface area contributed by atoms with Crippen LogP contribution in [0.2, 0.25) is 0 Å². The number of nitrogens with zero attached hydrogens (tertiary/aromatic N) is 1. The number of hydrogen-bond acceptors (Lipinski definition) is 4. The molecule has 0 fully saturated rings. The Labute approximate surface area is 114 Å². The second-order valence-corrected chi connectivity index (χ2v) is 4.64. The third-order valence-electron chi connectivity index (χ3n) is 2.91. The zero-order chi connectivity index (χ0) is 14.8. The zero-order valence-corrected chi connectivity index (χ0v) is 11.0. The van der Waals surface area contributed by atoms with Crippen molar-refractivity contribution in [3.05, 3.63) is 23.8 Å². The molecule has 4 nitrogen and oxygen atoms in total. The molecule has 0 saturated carbocycles. The van der Waals surface area contributed by atoms with E-state index in [1.54, 1.807) is 19.1 Å². The van der Waals surface area contributed by atoms with Crippen molar-refractivity contribution in [2.24, 2.45) is 10.7 Å². The van der Waals surface area contributed by atoms with Crippen LogP contribution in [0.1, 0.15) is 12.5 Å². The lowest BCUT2D eigenvalue weighted by atomic mass is 10.1. The molecule has 0 aromatic heterocycles. The number of amidine groups is 1. The van der Waals surface area contributed by atoms with Crippen LogP contribution >= 0.6 is 0 Å². The summed E-state index contributed by atoms with van der Waals surface area (Å²) in [6, 6.07) is 5.36. The van der Waals surface area contributed by atoms with E-state index in [9.17, 15) is 13.2 Å². The first-order valence-electron chi connectivity index (χ1n) is 6.26. The minimum absolute atomic E-state index is 0.245. The second-order valence-electron chi connectivity index (χ2n) is 4.64. The van der Waals surface area contributed by atoms with Gasteiger partial charge in [0.1, 0.15) is 17.3 Å². The van der Waals surface area contributed by atoms with Gasteiger partial charge in [-0.05, 0) is 37.6 Å². The molecule has 1 aromatic rings. The van der Waals surface area contributed by atoms with Gasteiger partial charge in [0.05, 0.1) is 6.54 Å². The fourth-order valence-electron chi connectivity index (χ4n) is 1.85. The zero-order valence-electron chi connectivity index (χ0n) is 11.0. The first-order chi connectivity index (χ1) is 9.35. The molecule has 3 N–H and O–H groups in total. The van der Waals surface area contributed by atoms with E-state index in [4.69, 9.17) is 10.5 Å². The molecular weight excluding hydrogens is 271 g/mol. The van der Waals surface area contributed by atoms with Crippen molar-refractivity contribution in [2.45, 2.75) is 25.6 Å². The Kier molecular flexibility index (Phi) is 4.17. The fourth-order valence-corrected chi connectivity index (χ4v) is 1.85. The number of ether oxygens (including phenoxy) is 1. The summed E-state index contributed by atoms with van der Waals surface area (Å²) in [7, 11) is 0. The average molecular weight is 287 g/mol. The number of alkyl halides is 3. The molecule has 1 aromatic carbocycles. The molecule has 1 heterocycles. The summed E-state index contributed by atoms with van der Waals surface area (Å²) < 4.78 is 41.5.